The van der Waals surface area contributed by atoms with E-state index < -0.39 is 61.2 Å². The number of rotatable bonds is 18. The Morgan fingerprint density at radius 3 is 0.958 bits per heavy atom. The molecule has 0 fully saturated rings. The summed E-state index contributed by atoms with van der Waals surface area (Å²) in [6.07, 6.45) is 2.12. The molecule has 0 saturated carbocycles. The number of pyridine rings is 2. The van der Waals surface area contributed by atoms with Gasteiger partial charge in [0.05, 0.1) is 16.4 Å². The van der Waals surface area contributed by atoms with Gasteiger partial charge in [-0.15, -0.1) is 0 Å². The van der Waals surface area contributed by atoms with Crippen LogP contribution in [0.4, 0.5) is 16.4 Å². The molecule has 3 amide bonds. The number of likely N-dealkylation sites (N-methyl/N-ethyl adjacent to an activating group) is 1. The Balaban J connectivity index is 0.000000151. The van der Waals surface area contributed by atoms with Crippen LogP contribution in [0.5, 0.6) is 0 Å². The Kier molecular flexibility index (Phi) is 32.6. The summed E-state index contributed by atoms with van der Waals surface area (Å²) in [6.45, 7) is 8.61. The maximum absolute atomic E-state index is 13.2. The normalized spacial score (nSPS) is 11.0. The number of nitrogens with one attached hydrogen (secondary N) is 2. The van der Waals surface area contributed by atoms with Gasteiger partial charge in [0.1, 0.15) is 46.3 Å². The van der Waals surface area contributed by atoms with Gasteiger partial charge in [-0.1, -0.05) is 376 Å². The fourth-order valence-corrected chi connectivity index (χ4v) is 21.9. The quantitative estimate of drug-likeness (QED) is 0.0630. The number of anilines is 2. The van der Waals surface area contributed by atoms with Crippen molar-refractivity contribution in [2.75, 3.05) is 17.7 Å². The second kappa shape index (κ2) is 44.1. The number of benzene rings is 12. The summed E-state index contributed by atoms with van der Waals surface area (Å²) in [4.78, 5) is 57.1. The number of carbonyl (C=O) groups is 3. The van der Waals surface area contributed by atoms with E-state index in [2.05, 4.69) is 400 Å². The minimum absolute atomic E-state index is 0. The van der Waals surface area contributed by atoms with Crippen LogP contribution >= 0.6 is 43.3 Å². The minimum atomic E-state index is -0.905. The number of halogens is 1. The van der Waals surface area contributed by atoms with Gasteiger partial charge in [-0.25, -0.2) is 24.7 Å². The molecule has 0 aliphatic heterocycles. The Bertz CT molecular complexity index is 4900. The monoisotopic (exact) mass is 1730 g/mol. The van der Waals surface area contributed by atoms with Crippen molar-refractivity contribution < 1.29 is 39.5 Å². The second-order valence-electron chi connectivity index (χ2n) is 27.7. The maximum Gasteiger partial charge on any atom is 0.410 e. The predicted molar refractivity (Wildman–Crippen MR) is 494 cm³/mol. The molecule has 1 atom stereocenters. The number of ether oxygens (including phenoxy) is 1. The van der Waals surface area contributed by atoms with Crippen molar-refractivity contribution in [3.63, 3.8) is 0 Å². The molecule has 0 radical (unpaired) electrons. The minimum Gasteiger partial charge on any atom is -0.444 e. The average Bonchev–Trinajstić information content (AvgIpc) is 1.63. The van der Waals surface area contributed by atoms with Crippen LogP contribution in [-0.4, -0.2) is 71.2 Å². The summed E-state index contributed by atoms with van der Waals surface area (Å²) in [6, 6.07) is 135. The molecule has 12 aromatic carbocycles. The van der Waals surface area contributed by atoms with Gasteiger partial charge < -0.3 is 15.4 Å². The van der Waals surface area contributed by atoms with Crippen molar-refractivity contribution >= 4 is 148 Å². The van der Waals surface area contributed by atoms with Crippen LogP contribution in [0.3, 0.4) is 0 Å². The number of nitrogens with zero attached hydrogens (tertiary/aromatic N) is 7. The van der Waals surface area contributed by atoms with Gasteiger partial charge in [0.15, 0.2) is 0 Å². The summed E-state index contributed by atoms with van der Waals surface area (Å²) < 4.78 is 7.03. The Labute approximate surface area is 715 Å². The van der Waals surface area contributed by atoms with Crippen molar-refractivity contribution in [3.05, 3.63) is 417 Å². The maximum atomic E-state index is 13.2. The zero-order valence-electron chi connectivity index (χ0n) is 66.4. The Hall–Kier alpha value is -11.6. The van der Waals surface area contributed by atoms with Gasteiger partial charge in [0.25, 0.3) is 5.91 Å². The van der Waals surface area contributed by atoms with Crippen molar-refractivity contribution in [2.24, 2.45) is 7.05 Å². The third kappa shape index (κ3) is 24.5. The third-order valence-corrected chi connectivity index (χ3v) is 28.2. The zero-order valence-corrected chi connectivity index (χ0v) is 72.3. The number of amides is 3. The van der Waals surface area contributed by atoms with Gasteiger partial charge in [-0.3, -0.25) is 19.2 Å². The molecule has 0 saturated heterocycles. The fraction of sp³-hybridized carbons (Fsp3) is 0.0909. The molecular weight excluding hydrogens is 1640 g/mol. The van der Waals surface area contributed by atoms with E-state index in [1.807, 2.05) is 6.92 Å². The van der Waals surface area contributed by atoms with Gasteiger partial charge in [-0.2, -0.15) is 5.10 Å². The molecular formula is C99H90ClN9O4P4Pd. The zero-order chi connectivity index (χ0) is 81.7. The first-order chi connectivity index (χ1) is 57.0. The van der Waals surface area contributed by atoms with Crippen LogP contribution in [-0.2, 0) is 37.0 Å². The van der Waals surface area contributed by atoms with Crippen LogP contribution in [0.15, 0.2) is 401 Å². The van der Waals surface area contributed by atoms with Crippen LogP contribution in [0.2, 0.25) is 5.02 Å². The van der Waals surface area contributed by atoms with E-state index in [1.54, 1.807) is 57.6 Å². The smallest absolute Gasteiger partial charge is 0.410 e. The summed E-state index contributed by atoms with van der Waals surface area (Å²) in [5, 5.41) is 27.0. The molecule has 118 heavy (non-hydrogen) atoms. The largest absolute Gasteiger partial charge is 0.444 e. The van der Waals surface area contributed by atoms with Gasteiger partial charge >= 0.3 is 6.09 Å². The average molecular weight is 1740 g/mol. The molecule has 0 aliphatic carbocycles. The van der Waals surface area contributed by atoms with E-state index in [0.717, 1.165) is 5.69 Å². The molecule has 592 valence electrons. The van der Waals surface area contributed by atoms with Crippen molar-refractivity contribution in [3.8, 4) is 11.3 Å². The molecule has 16 rings (SSSR count). The van der Waals surface area contributed by atoms with Crippen LogP contribution in [0.1, 0.15) is 43.9 Å². The van der Waals surface area contributed by atoms with E-state index in [0.29, 0.717) is 27.3 Å². The van der Waals surface area contributed by atoms with E-state index in [-0.39, 0.29) is 37.8 Å². The number of carbonyl (C=O) groups excluding carboxylic acids is 3. The molecule has 1 unspecified atom stereocenters. The van der Waals surface area contributed by atoms with Crippen molar-refractivity contribution in [1.82, 2.24) is 34.6 Å². The van der Waals surface area contributed by atoms with E-state index in [1.165, 1.54) is 94.2 Å². The van der Waals surface area contributed by atoms with Crippen LogP contribution < -0.4 is 74.3 Å². The predicted octanol–water partition coefficient (Wildman–Crippen LogP) is 18.0. The fourth-order valence-electron chi connectivity index (χ4n) is 12.6. The first-order valence-corrected chi connectivity index (χ1v) is 44.0. The molecule has 13 nitrogen and oxygen atoms in total. The molecule has 0 spiro atoms. The molecule has 0 bridgehead atoms. The Morgan fingerprint density at radius 1 is 0.415 bits per heavy atom. The summed E-state index contributed by atoms with van der Waals surface area (Å²) in [5.41, 5.74) is 2.46. The number of aryl methyl sites for hydroxylation is 2. The van der Waals surface area contributed by atoms with Crippen molar-refractivity contribution in [1.29, 1.82) is 0 Å². The molecule has 19 heteroatoms. The number of hydrogen-bond acceptors (Lipinski definition) is 9. The summed E-state index contributed by atoms with van der Waals surface area (Å²) in [7, 11) is 1.46. The van der Waals surface area contributed by atoms with E-state index in [9.17, 15) is 14.4 Å². The molecule has 16 aromatic rings. The Morgan fingerprint density at radius 2 is 0.695 bits per heavy atom. The topological polar surface area (TPSA) is 157 Å². The summed E-state index contributed by atoms with van der Waals surface area (Å²) >= 11 is 5.90. The molecule has 4 aromatic heterocycles. The number of fused-ring (bicyclic) bond motifs is 1. The van der Waals surface area contributed by atoms with Crippen molar-refractivity contribution in [2.45, 2.75) is 46.3 Å². The summed E-state index contributed by atoms with van der Waals surface area (Å²) in [5.74, 6) is -0.824. The second-order valence-corrected chi connectivity index (χ2v) is 37.0. The molecule has 4 heterocycles. The molecule has 2 N–H and O–H groups in total. The van der Waals surface area contributed by atoms with E-state index in [4.69, 9.17) is 16.3 Å². The van der Waals surface area contributed by atoms with E-state index >= 15 is 0 Å². The van der Waals surface area contributed by atoms with Crippen LogP contribution in [0, 0.1) is 6.92 Å². The standard InChI is InChI=1S/C27H30ClN9O4.4C18H15P.Pd/c1-14-21-23(37(7)35-14)22(31-13-30-21)16-10-19(33-24(38)15(2)36(6)26(40)41-27(3,4)5)32-20(11-16)34-25(39)18-9-8-17(28)12-29-18;4*1-4-10-16(11-5-1)19(17-12-6-2-7-13-17)18-14-8-3-9-15-18;/h8-13,15H,1-7H3,(H2,32,33,34,38,39);4*1-15H;. The first kappa shape index (κ1) is 87.2. The third-order valence-electron chi connectivity index (χ3n) is 18.2. The van der Waals surface area contributed by atoms with Crippen LogP contribution in [0.25, 0.3) is 22.3 Å². The van der Waals surface area contributed by atoms with Gasteiger partial charge in [0.2, 0.25) is 5.91 Å². The number of hydrogen-bond donors (Lipinski definition) is 2. The molecule has 0 aliphatic rings. The van der Waals surface area contributed by atoms with Gasteiger partial charge in [0, 0.05) is 46.3 Å². The first-order valence-electron chi connectivity index (χ1n) is 38.2. The van der Waals surface area contributed by atoms with Gasteiger partial charge in [-0.05, 0) is 154 Å². The number of aromatic nitrogens is 6. The SMILES string of the molecule is Cc1nn(C)c2c(-c3cc(NC(=O)c4ccc(Cl)cn4)nc(NC(=O)C(C)N(C)C(=O)OC(C)(C)C)c3)ncnc12.[Pd].c1ccc(P(c2ccccc2)c2ccccc2)cc1.c1ccc(P(c2ccccc2)c2ccccc2)cc1.c1ccc(P(c2ccccc2)c2ccccc2)cc1.c1ccc(P(c2ccccc2)c2ccccc2)cc1.